The van der Waals surface area contributed by atoms with E-state index in [1.165, 1.54) is 12.1 Å². The van der Waals surface area contributed by atoms with E-state index in [4.69, 9.17) is 16.3 Å². The number of pyridine rings is 1. The normalized spacial score (nSPS) is 10.8. The molecule has 146 valence electrons. The molecule has 0 fully saturated rings. The van der Waals surface area contributed by atoms with Gasteiger partial charge in [0.1, 0.15) is 5.75 Å². The van der Waals surface area contributed by atoms with E-state index in [9.17, 15) is 13.6 Å². The predicted octanol–water partition coefficient (Wildman–Crippen LogP) is 5.11. The molecule has 0 atom stereocenters. The minimum absolute atomic E-state index is 0.00481. The maximum Gasteiger partial charge on any atom is 0.387 e. The molecular formula is C18H14ClF2N3O3S. The van der Waals surface area contributed by atoms with Crippen LogP contribution in [0.3, 0.4) is 0 Å². The van der Waals surface area contributed by atoms with Gasteiger partial charge in [0.15, 0.2) is 10.8 Å². The summed E-state index contributed by atoms with van der Waals surface area (Å²) in [6, 6.07) is 9.34. The van der Waals surface area contributed by atoms with Gasteiger partial charge in [-0.05, 0) is 25.1 Å². The summed E-state index contributed by atoms with van der Waals surface area (Å²) in [5.41, 5.74) is 0.763. The first-order valence-electron chi connectivity index (χ1n) is 8.08. The fourth-order valence-electron chi connectivity index (χ4n) is 2.30. The van der Waals surface area contributed by atoms with E-state index in [0.29, 0.717) is 17.9 Å². The third-order valence-electron chi connectivity index (χ3n) is 3.43. The van der Waals surface area contributed by atoms with Crippen LogP contribution in [0.25, 0.3) is 11.3 Å². The van der Waals surface area contributed by atoms with E-state index in [1.807, 2.05) is 0 Å². The van der Waals surface area contributed by atoms with Gasteiger partial charge in [-0.15, -0.1) is 11.3 Å². The monoisotopic (exact) mass is 425 g/mol. The van der Waals surface area contributed by atoms with Crippen molar-refractivity contribution in [1.82, 2.24) is 9.97 Å². The Kier molecular flexibility index (Phi) is 6.37. The van der Waals surface area contributed by atoms with Gasteiger partial charge in [-0.1, -0.05) is 23.7 Å². The fraction of sp³-hybridized carbons (Fsp3) is 0.167. The molecule has 0 spiro atoms. The summed E-state index contributed by atoms with van der Waals surface area (Å²) in [5.74, 6) is -0.297. The molecule has 3 rings (SSSR count). The average Bonchev–Trinajstić information content (AvgIpc) is 3.11. The zero-order valence-electron chi connectivity index (χ0n) is 14.5. The topological polar surface area (TPSA) is 73.3 Å². The number of aromatic nitrogens is 2. The van der Waals surface area contributed by atoms with Crippen LogP contribution in [0.5, 0.6) is 11.6 Å². The number of hydrogen-bond donors (Lipinski definition) is 1. The highest BCUT2D eigenvalue weighted by atomic mass is 35.5. The number of para-hydroxylation sites is 1. The first-order chi connectivity index (χ1) is 13.5. The number of rotatable bonds is 7. The molecule has 10 heteroatoms. The van der Waals surface area contributed by atoms with Crippen molar-refractivity contribution in [3.8, 4) is 22.9 Å². The van der Waals surface area contributed by atoms with Gasteiger partial charge in [0.05, 0.1) is 17.3 Å². The zero-order valence-corrected chi connectivity index (χ0v) is 16.1. The van der Waals surface area contributed by atoms with Crippen LogP contribution in [0.2, 0.25) is 5.02 Å². The van der Waals surface area contributed by atoms with Gasteiger partial charge in [-0.2, -0.15) is 8.78 Å². The van der Waals surface area contributed by atoms with Crippen LogP contribution in [-0.2, 0) is 0 Å². The van der Waals surface area contributed by atoms with Gasteiger partial charge in [0, 0.05) is 17.0 Å². The quantitative estimate of drug-likeness (QED) is 0.569. The summed E-state index contributed by atoms with van der Waals surface area (Å²) in [6.07, 6.45) is 0. The minimum atomic E-state index is -2.95. The zero-order chi connectivity index (χ0) is 20.1. The molecular weight excluding hydrogens is 412 g/mol. The van der Waals surface area contributed by atoms with Crippen molar-refractivity contribution in [2.75, 3.05) is 11.9 Å². The molecule has 0 saturated heterocycles. The van der Waals surface area contributed by atoms with Crippen LogP contribution in [0.15, 0.2) is 41.8 Å². The molecule has 3 aromatic rings. The van der Waals surface area contributed by atoms with Crippen LogP contribution in [0.4, 0.5) is 13.9 Å². The van der Waals surface area contributed by atoms with E-state index in [2.05, 4.69) is 20.0 Å². The Morgan fingerprint density at radius 1 is 1.25 bits per heavy atom. The molecule has 2 heterocycles. The van der Waals surface area contributed by atoms with Gasteiger partial charge in [0.25, 0.3) is 5.91 Å². The van der Waals surface area contributed by atoms with E-state index >= 15 is 0 Å². The number of carbonyl (C=O) groups excluding carboxylic acids is 1. The number of carbonyl (C=O) groups is 1. The summed E-state index contributed by atoms with van der Waals surface area (Å²) >= 11 is 7.17. The van der Waals surface area contributed by atoms with Crippen LogP contribution < -0.4 is 14.8 Å². The van der Waals surface area contributed by atoms with E-state index in [0.717, 1.165) is 11.3 Å². The molecule has 0 bridgehead atoms. The molecule has 1 N–H and O–H groups in total. The van der Waals surface area contributed by atoms with Gasteiger partial charge >= 0.3 is 6.61 Å². The van der Waals surface area contributed by atoms with Gasteiger partial charge in [-0.25, -0.2) is 9.97 Å². The second-order valence-electron chi connectivity index (χ2n) is 5.28. The van der Waals surface area contributed by atoms with E-state index < -0.39 is 12.5 Å². The lowest BCUT2D eigenvalue weighted by atomic mass is 10.1. The predicted molar refractivity (Wildman–Crippen MR) is 103 cm³/mol. The molecule has 0 aliphatic rings. The number of thiazole rings is 1. The fourth-order valence-corrected chi connectivity index (χ4v) is 3.20. The second kappa shape index (κ2) is 8.94. The summed E-state index contributed by atoms with van der Waals surface area (Å²) in [4.78, 5) is 20.8. The largest absolute Gasteiger partial charge is 0.478 e. The van der Waals surface area contributed by atoms with E-state index in [-0.39, 0.29) is 27.5 Å². The molecule has 6 nitrogen and oxygen atoms in total. The molecule has 0 saturated carbocycles. The molecule has 2 aromatic heterocycles. The molecule has 0 aliphatic carbocycles. The number of halogens is 3. The molecule has 1 amide bonds. The number of amides is 1. The summed E-state index contributed by atoms with van der Waals surface area (Å²) < 4.78 is 34.9. The summed E-state index contributed by atoms with van der Waals surface area (Å²) in [5, 5.41) is 4.63. The number of alkyl halides is 2. The van der Waals surface area contributed by atoms with Gasteiger partial charge < -0.3 is 9.47 Å². The van der Waals surface area contributed by atoms with Crippen LogP contribution in [0.1, 0.15) is 17.4 Å². The van der Waals surface area contributed by atoms with E-state index in [1.54, 1.807) is 36.6 Å². The second-order valence-corrected chi connectivity index (χ2v) is 6.54. The van der Waals surface area contributed by atoms with Crippen molar-refractivity contribution in [2.45, 2.75) is 13.5 Å². The van der Waals surface area contributed by atoms with Crippen LogP contribution in [0, 0.1) is 0 Å². The molecule has 0 unspecified atom stereocenters. The lowest BCUT2D eigenvalue weighted by molar-refractivity contribution is -0.0494. The van der Waals surface area contributed by atoms with Crippen molar-refractivity contribution in [3.63, 3.8) is 0 Å². The Balaban J connectivity index is 1.81. The molecule has 0 radical (unpaired) electrons. The van der Waals surface area contributed by atoms with Crippen molar-refractivity contribution < 1.29 is 23.0 Å². The maximum atomic E-state index is 12.6. The minimum Gasteiger partial charge on any atom is -0.478 e. The summed E-state index contributed by atoms with van der Waals surface area (Å²) in [6.45, 7) is -0.765. The van der Waals surface area contributed by atoms with Crippen molar-refractivity contribution in [1.29, 1.82) is 0 Å². The standard InChI is InChI=1S/C18H14ClF2N3O3S/c1-2-26-14-8-7-11(19)15(23-14)16(25)24-18-22-12(9-28-18)10-5-3-4-6-13(10)27-17(20)21/h3-9,17H,2H2,1H3,(H,22,24,25). The van der Waals surface area contributed by atoms with Crippen LogP contribution >= 0.6 is 22.9 Å². The van der Waals surface area contributed by atoms with Gasteiger partial charge in [-0.3, -0.25) is 10.1 Å². The Bertz CT molecular complexity index is 984. The lowest BCUT2D eigenvalue weighted by Crippen LogP contribution is -2.14. The highest BCUT2D eigenvalue weighted by molar-refractivity contribution is 7.14. The lowest BCUT2D eigenvalue weighted by Gasteiger charge is -2.08. The number of nitrogens with zero attached hydrogens (tertiary/aromatic N) is 2. The number of nitrogens with one attached hydrogen (secondary N) is 1. The smallest absolute Gasteiger partial charge is 0.387 e. The first-order valence-corrected chi connectivity index (χ1v) is 9.34. The number of benzene rings is 1. The van der Waals surface area contributed by atoms with Crippen molar-refractivity contribution in [3.05, 3.63) is 52.5 Å². The van der Waals surface area contributed by atoms with Crippen molar-refractivity contribution in [2.24, 2.45) is 0 Å². The number of anilines is 1. The first kappa shape index (κ1) is 20.0. The maximum absolute atomic E-state index is 12.6. The van der Waals surface area contributed by atoms with Gasteiger partial charge in [0.2, 0.25) is 5.88 Å². The number of ether oxygens (including phenoxy) is 2. The van der Waals surface area contributed by atoms with Crippen LogP contribution in [-0.4, -0.2) is 29.1 Å². The third kappa shape index (κ3) is 4.73. The summed E-state index contributed by atoms with van der Waals surface area (Å²) in [7, 11) is 0. The highest BCUT2D eigenvalue weighted by Crippen LogP contribution is 2.33. The Labute approximate surface area is 168 Å². The SMILES string of the molecule is CCOc1ccc(Cl)c(C(=O)Nc2nc(-c3ccccc3OC(F)F)cs2)n1. The molecule has 28 heavy (non-hydrogen) atoms. The number of hydrogen-bond acceptors (Lipinski definition) is 6. The Morgan fingerprint density at radius 2 is 2.04 bits per heavy atom. The Hall–Kier alpha value is -2.78. The third-order valence-corrected chi connectivity index (χ3v) is 4.49. The Morgan fingerprint density at radius 3 is 2.79 bits per heavy atom. The molecule has 0 aliphatic heterocycles. The average molecular weight is 426 g/mol. The molecule has 1 aromatic carbocycles. The highest BCUT2D eigenvalue weighted by Gasteiger charge is 2.17. The van der Waals surface area contributed by atoms with Crippen molar-refractivity contribution >= 4 is 34.0 Å².